The second-order valence-corrected chi connectivity index (χ2v) is 7.72. The van der Waals surface area contributed by atoms with Gasteiger partial charge in [-0.1, -0.05) is 0 Å². The van der Waals surface area contributed by atoms with Crippen LogP contribution in [0.15, 0.2) is 30.7 Å². The van der Waals surface area contributed by atoms with Gasteiger partial charge in [0.25, 0.3) is 0 Å². The van der Waals surface area contributed by atoms with Crippen molar-refractivity contribution < 1.29 is 9.50 Å². The molecular formula is C22H20FN7O. The van der Waals surface area contributed by atoms with Crippen LogP contribution in [0.3, 0.4) is 0 Å². The van der Waals surface area contributed by atoms with E-state index >= 15 is 0 Å². The van der Waals surface area contributed by atoms with E-state index in [1.807, 2.05) is 13.1 Å². The Hall–Kier alpha value is -3.77. The van der Waals surface area contributed by atoms with Crippen molar-refractivity contribution in [3.63, 3.8) is 0 Å². The smallest absolute Gasteiger partial charge is 0.182 e. The monoisotopic (exact) mass is 417 g/mol. The first-order valence-corrected chi connectivity index (χ1v) is 10.1. The summed E-state index contributed by atoms with van der Waals surface area (Å²) >= 11 is 0. The average molecular weight is 417 g/mol. The van der Waals surface area contributed by atoms with Gasteiger partial charge in [-0.05, 0) is 45.0 Å². The summed E-state index contributed by atoms with van der Waals surface area (Å²) in [6.07, 6.45) is 5.73. The summed E-state index contributed by atoms with van der Waals surface area (Å²) in [6, 6.07) is 6.33. The molecule has 0 atom stereocenters. The number of imidazole rings is 1. The van der Waals surface area contributed by atoms with E-state index in [9.17, 15) is 14.8 Å². The fourth-order valence-corrected chi connectivity index (χ4v) is 4.23. The summed E-state index contributed by atoms with van der Waals surface area (Å²) < 4.78 is 16.8. The molecule has 5 rings (SSSR count). The zero-order valence-electron chi connectivity index (χ0n) is 16.9. The number of aromatic hydroxyl groups is 1. The highest BCUT2D eigenvalue weighted by Crippen LogP contribution is 2.38. The molecule has 8 nitrogen and oxygen atoms in total. The Balaban J connectivity index is 1.75. The number of aromatic nitrogens is 5. The highest BCUT2D eigenvalue weighted by Gasteiger charge is 2.25. The van der Waals surface area contributed by atoms with E-state index in [0.717, 1.165) is 37.7 Å². The van der Waals surface area contributed by atoms with Crippen LogP contribution in [0, 0.1) is 24.1 Å². The van der Waals surface area contributed by atoms with E-state index in [1.165, 1.54) is 12.1 Å². The molecular weight excluding hydrogens is 397 g/mol. The molecule has 1 aliphatic rings. The molecule has 9 heteroatoms. The molecule has 1 aromatic carbocycles. The third kappa shape index (κ3) is 3.21. The Bertz CT molecular complexity index is 1330. The lowest BCUT2D eigenvalue weighted by atomic mass is 9.96. The van der Waals surface area contributed by atoms with Gasteiger partial charge in [0.2, 0.25) is 0 Å². The van der Waals surface area contributed by atoms with Crippen molar-refractivity contribution >= 4 is 11.0 Å². The molecule has 0 spiro atoms. The fraction of sp³-hybridized carbons (Fsp3) is 0.273. The van der Waals surface area contributed by atoms with Gasteiger partial charge in [-0.25, -0.2) is 14.4 Å². The lowest BCUT2D eigenvalue weighted by Gasteiger charge is -2.23. The third-order valence-corrected chi connectivity index (χ3v) is 5.79. The van der Waals surface area contributed by atoms with E-state index in [2.05, 4.69) is 36.1 Å². The molecule has 156 valence electrons. The first kappa shape index (κ1) is 19.2. The van der Waals surface area contributed by atoms with Crippen molar-refractivity contribution in [2.24, 2.45) is 0 Å². The lowest BCUT2D eigenvalue weighted by Crippen LogP contribution is -2.28. The van der Waals surface area contributed by atoms with Crippen molar-refractivity contribution in [2.45, 2.75) is 25.8 Å². The number of nitrogens with zero attached hydrogens (tertiary/aromatic N) is 5. The zero-order valence-corrected chi connectivity index (χ0v) is 16.9. The summed E-state index contributed by atoms with van der Waals surface area (Å²) in [5.74, 6) is -0.862. The van der Waals surface area contributed by atoms with Gasteiger partial charge in [-0.15, -0.1) is 0 Å². The molecule has 0 radical (unpaired) electrons. The van der Waals surface area contributed by atoms with Crippen molar-refractivity contribution in [1.29, 1.82) is 5.26 Å². The van der Waals surface area contributed by atoms with E-state index in [0.29, 0.717) is 28.3 Å². The molecule has 0 amide bonds. The van der Waals surface area contributed by atoms with Gasteiger partial charge in [0.1, 0.15) is 17.6 Å². The molecule has 3 aromatic heterocycles. The number of phenols is 1. The number of rotatable bonds is 3. The number of hydrogen-bond donors (Lipinski definition) is 3. The van der Waals surface area contributed by atoms with Crippen LogP contribution < -0.4 is 5.32 Å². The van der Waals surface area contributed by atoms with Gasteiger partial charge in [0.05, 0.1) is 28.7 Å². The number of nitrogens with one attached hydrogen (secondary N) is 2. The minimum atomic E-state index is -0.665. The number of benzene rings is 1. The van der Waals surface area contributed by atoms with Crippen LogP contribution in [-0.4, -0.2) is 42.9 Å². The van der Waals surface area contributed by atoms with Gasteiger partial charge in [-0.2, -0.15) is 10.4 Å². The molecule has 0 aliphatic carbocycles. The highest BCUT2D eigenvalue weighted by molar-refractivity contribution is 5.99. The molecule has 1 fully saturated rings. The number of halogens is 1. The Labute approximate surface area is 177 Å². The van der Waals surface area contributed by atoms with Crippen molar-refractivity contribution in [1.82, 2.24) is 30.0 Å². The molecule has 4 aromatic rings. The number of hydrogen-bond acceptors (Lipinski definition) is 6. The minimum absolute atomic E-state index is 0.121. The zero-order chi connectivity index (χ0) is 21.5. The van der Waals surface area contributed by atoms with E-state index in [1.54, 1.807) is 6.33 Å². The second-order valence-electron chi connectivity index (χ2n) is 7.72. The summed E-state index contributed by atoms with van der Waals surface area (Å²) in [5, 5.41) is 30.9. The number of aryl methyl sites for hydroxylation is 1. The average Bonchev–Trinajstić information content (AvgIpc) is 3.40. The van der Waals surface area contributed by atoms with Crippen LogP contribution in [-0.2, 0) is 0 Å². The Kier molecular flexibility index (Phi) is 4.64. The molecule has 0 saturated carbocycles. The quantitative estimate of drug-likeness (QED) is 0.470. The normalized spacial score (nSPS) is 14.7. The summed E-state index contributed by atoms with van der Waals surface area (Å²) in [5.41, 5.74) is 2.84. The second kappa shape index (κ2) is 7.49. The predicted molar refractivity (Wildman–Crippen MR) is 113 cm³/mol. The van der Waals surface area contributed by atoms with Crippen molar-refractivity contribution in [3.8, 4) is 34.3 Å². The number of phenolic OH excluding ortho intramolecular Hbond substituents is 1. The predicted octanol–water partition coefficient (Wildman–Crippen LogP) is 3.44. The van der Waals surface area contributed by atoms with Gasteiger partial charge in [0, 0.05) is 35.1 Å². The topological polar surface area (TPSA) is 115 Å². The number of fused-ring (bicyclic) bond motifs is 1. The van der Waals surface area contributed by atoms with E-state index < -0.39 is 5.82 Å². The number of nitriles is 1. The van der Waals surface area contributed by atoms with Gasteiger partial charge >= 0.3 is 0 Å². The van der Waals surface area contributed by atoms with Crippen molar-refractivity contribution in [2.75, 3.05) is 13.1 Å². The lowest BCUT2D eigenvalue weighted by molar-refractivity contribution is 0.368. The molecule has 1 saturated heterocycles. The molecule has 0 unspecified atom stereocenters. The number of pyridine rings is 1. The van der Waals surface area contributed by atoms with Crippen LogP contribution in [0.4, 0.5) is 4.39 Å². The van der Waals surface area contributed by atoms with E-state index in [4.69, 9.17) is 0 Å². The first-order chi connectivity index (χ1) is 15.1. The Morgan fingerprint density at radius 3 is 2.84 bits per heavy atom. The Morgan fingerprint density at radius 2 is 2.10 bits per heavy atom. The van der Waals surface area contributed by atoms with E-state index in [-0.39, 0.29) is 22.6 Å². The van der Waals surface area contributed by atoms with Crippen molar-refractivity contribution in [3.05, 3.63) is 47.8 Å². The molecule has 3 N–H and O–H groups in total. The summed E-state index contributed by atoms with van der Waals surface area (Å²) in [6.45, 7) is 3.75. The molecule has 0 bridgehead atoms. The maximum absolute atomic E-state index is 14.7. The number of aromatic amines is 1. The van der Waals surface area contributed by atoms with Gasteiger partial charge in [-0.3, -0.25) is 5.10 Å². The summed E-state index contributed by atoms with van der Waals surface area (Å²) in [7, 11) is 0. The minimum Gasteiger partial charge on any atom is -0.508 e. The highest BCUT2D eigenvalue weighted by atomic mass is 19.1. The summed E-state index contributed by atoms with van der Waals surface area (Å²) in [4.78, 5) is 9.08. The maximum Gasteiger partial charge on any atom is 0.182 e. The molecule has 4 heterocycles. The SMILES string of the molecule is Cc1[nH]nc2nc(-c3ccc(O)cc3F)c(C#N)c(-c3cn(C4CCNCC4)cn3)c12. The third-order valence-electron chi connectivity index (χ3n) is 5.79. The molecule has 1 aliphatic heterocycles. The number of H-pyrrole nitrogens is 1. The van der Waals surface area contributed by atoms with Gasteiger partial charge < -0.3 is 15.0 Å². The maximum atomic E-state index is 14.7. The molecule has 31 heavy (non-hydrogen) atoms. The fourth-order valence-electron chi connectivity index (χ4n) is 4.23. The van der Waals surface area contributed by atoms with Gasteiger partial charge in [0.15, 0.2) is 5.65 Å². The van der Waals surface area contributed by atoms with Crippen LogP contribution in [0.25, 0.3) is 33.5 Å². The first-order valence-electron chi connectivity index (χ1n) is 10.1. The largest absolute Gasteiger partial charge is 0.508 e. The van der Waals surface area contributed by atoms with Crippen LogP contribution in [0.5, 0.6) is 5.75 Å². The standard InChI is InChI=1S/C22H20FN7O/c1-12-19-20(18-10-30(11-26-18)13-4-6-25-7-5-13)16(9-24)21(27-22(19)29-28-12)15-3-2-14(31)8-17(15)23/h2-3,8,10-11,13,25,31H,4-7H2,1H3,(H,27,28,29). The van der Waals surface area contributed by atoms with Crippen LogP contribution in [0.1, 0.15) is 30.1 Å². The Morgan fingerprint density at radius 1 is 1.29 bits per heavy atom. The van der Waals surface area contributed by atoms with Crippen LogP contribution >= 0.6 is 0 Å². The number of piperidine rings is 1. The van der Waals surface area contributed by atoms with Crippen LogP contribution in [0.2, 0.25) is 0 Å².